The van der Waals surface area contributed by atoms with E-state index in [1.807, 2.05) is 33.5 Å². The molecule has 0 radical (unpaired) electrons. The Morgan fingerprint density at radius 2 is 1.86 bits per heavy atom. The summed E-state index contributed by atoms with van der Waals surface area (Å²) in [6.07, 6.45) is 3.15. The van der Waals surface area contributed by atoms with Crippen LogP contribution in [0.4, 0.5) is 0 Å². The van der Waals surface area contributed by atoms with Gasteiger partial charge in [-0.1, -0.05) is 13.8 Å². The van der Waals surface area contributed by atoms with Crippen molar-refractivity contribution in [3.8, 4) is 5.75 Å². The standard InChI is InChI=1S/C33H45NO8/c1-7-34-16-30(2)13-12-23(38-5)32-21-14-20-22(37-4)15-31(24(21)25(20)39-6)33(29(32)34,41-17-40-31)27(26(30)32)42-28(35)18-8-10-19(36-3)11-9-18/h8-11,20-27,29H,7,12-17H2,1-6H3/t20-,21-,22+,23+,24-,25+,26-,27+,29-,30+,31-,32+,33+/m1/s1. The highest BCUT2D eigenvalue weighted by atomic mass is 16.7. The summed E-state index contributed by atoms with van der Waals surface area (Å²) in [5.74, 6) is 1.07. The van der Waals surface area contributed by atoms with Crippen LogP contribution in [0.3, 0.4) is 0 Å². The molecule has 7 fully saturated rings. The van der Waals surface area contributed by atoms with Crippen molar-refractivity contribution in [3.05, 3.63) is 29.8 Å². The first-order valence-corrected chi connectivity index (χ1v) is 15.8. The second kappa shape index (κ2) is 9.14. The zero-order valence-electron chi connectivity index (χ0n) is 25.7. The van der Waals surface area contributed by atoms with Crippen LogP contribution in [0.25, 0.3) is 0 Å². The quantitative estimate of drug-likeness (QED) is 0.448. The summed E-state index contributed by atoms with van der Waals surface area (Å²) in [4.78, 5) is 16.8. The van der Waals surface area contributed by atoms with Gasteiger partial charge in [-0.05, 0) is 61.4 Å². The second-order valence-corrected chi connectivity index (χ2v) is 14.2. The fourth-order valence-corrected chi connectivity index (χ4v) is 12.5. The lowest BCUT2D eigenvalue weighted by Gasteiger charge is -2.69. The Morgan fingerprint density at radius 1 is 1.07 bits per heavy atom. The SMILES string of the molecule is CCN1C[C@]2(C)CC[C@H](OC)[C@]34[C@@H]5C[C@H]6[C@H](OC)[C@@H]5[C@@]5(C[C@@H]6OC)OCO[C@]5([C@H]13)[C@@H](OC(=O)c1ccc(OC)cc1)[C@H]24. The molecule has 7 bridgehead atoms. The Labute approximate surface area is 248 Å². The second-order valence-electron chi connectivity index (χ2n) is 14.2. The van der Waals surface area contributed by atoms with Crippen LogP contribution in [0.2, 0.25) is 0 Å². The number of rotatable bonds is 7. The van der Waals surface area contributed by atoms with Gasteiger partial charge in [-0.15, -0.1) is 0 Å². The van der Waals surface area contributed by atoms with E-state index in [1.165, 1.54) is 0 Å². The third-order valence-corrected chi connectivity index (χ3v) is 13.4. The number of carbonyl (C=O) groups excluding carboxylic acids is 1. The minimum Gasteiger partial charge on any atom is -0.497 e. The number of carbonyl (C=O) groups is 1. The van der Waals surface area contributed by atoms with Crippen LogP contribution >= 0.6 is 0 Å². The van der Waals surface area contributed by atoms with Crippen molar-refractivity contribution in [3.63, 3.8) is 0 Å². The number of nitrogens with zero attached hydrogens (tertiary/aromatic N) is 1. The number of benzene rings is 1. The van der Waals surface area contributed by atoms with Crippen LogP contribution in [-0.4, -0.2) is 101 Å². The highest BCUT2D eigenvalue weighted by Gasteiger charge is 2.94. The molecule has 3 spiro atoms. The Balaban J connectivity index is 1.38. The number of likely N-dealkylation sites (N-methyl/N-ethyl adjacent to an activating group) is 1. The molecule has 1 aromatic rings. The number of ether oxygens (including phenoxy) is 7. The molecule has 8 rings (SSSR count). The minimum atomic E-state index is -0.876. The third-order valence-electron chi connectivity index (χ3n) is 13.4. The fourth-order valence-electron chi connectivity index (χ4n) is 12.5. The molecular weight excluding hydrogens is 538 g/mol. The minimum absolute atomic E-state index is 0.0115. The van der Waals surface area contributed by atoms with E-state index < -0.39 is 17.3 Å². The van der Waals surface area contributed by atoms with Crippen molar-refractivity contribution in [1.29, 1.82) is 0 Å². The van der Waals surface area contributed by atoms with Gasteiger partial charge in [0.2, 0.25) is 0 Å². The topological polar surface area (TPSA) is 84.9 Å². The largest absolute Gasteiger partial charge is 0.497 e. The zero-order chi connectivity index (χ0) is 29.2. The Hall–Kier alpha value is -1.75. The fraction of sp³-hybridized carbons (Fsp3) is 0.788. The molecule has 0 aromatic heterocycles. The molecular formula is C33H45NO8. The van der Waals surface area contributed by atoms with Crippen molar-refractivity contribution in [2.45, 2.75) is 81.2 Å². The highest BCUT2D eigenvalue weighted by Crippen LogP contribution is 2.82. The first-order chi connectivity index (χ1) is 20.3. The molecule has 42 heavy (non-hydrogen) atoms. The molecule has 1 aromatic carbocycles. The molecule has 9 nitrogen and oxygen atoms in total. The number of fused-ring (bicyclic) bond motifs is 1. The van der Waals surface area contributed by atoms with Gasteiger partial charge in [-0.3, -0.25) is 4.90 Å². The van der Waals surface area contributed by atoms with E-state index in [9.17, 15) is 4.79 Å². The van der Waals surface area contributed by atoms with Gasteiger partial charge in [-0.2, -0.15) is 0 Å². The van der Waals surface area contributed by atoms with E-state index in [0.29, 0.717) is 17.7 Å². The van der Waals surface area contributed by atoms with E-state index in [1.54, 1.807) is 19.2 Å². The molecule has 5 aliphatic carbocycles. The van der Waals surface area contributed by atoms with Crippen LogP contribution in [0.15, 0.2) is 24.3 Å². The summed E-state index contributed by atoms with van der Waals surface area (Å²) in [5.41, 5.74) is -1.44. The van der Waals surface area contributed by atoms with E-state index in [-0.39, 0.29) is 71.6 Å². The van der Waals surface area contributed by atoms with Gasteiger partial charge < -0.3 is 33.2 Å². The summed E-state index contributed by atoms with van der Waals surface area (Å²) >= 11 is 0. The molecule has 5 saturated carbocycles. The molecule has 2 saturated heterocycles. The van der Waals surface area contributed by atoms with Crippen molar-refractivity contribution >= 4 is 5.97 Å². The number of hydrogen-bond acceptors (Lipinski definition) is 9. The average Bonchev–Trinajstić information content (AvgIpc) is 3.59. The first-order valence-electron chi connectivity index (χ1n) is 15.8. The van der Waals surface area contributed by atoms with Crippen LogP contribution < -0.4 is 4.74 Å². The number of likely N-dealkylation sites (tertiary alicyclic amines) is 1. The zero-order valence-corrected chi connectivity index (χ0v) is 25.7. The van der Waals surface area contributed by atoms with Crippen molar-refractivity contribution in [2.24, 2.45) is 34.5 Å². The lowest BCUT2D eigenvalue weighted by Crippen LogP contribution is -2.81. The van der Waals surface area contributed by atoms with Crippen LogP contribution in [0.1, 0.15) is 49.9 Å². The first kappa shape index (κ1) is 27.8. The number of piperidine rings is 1. The monoisotopic (exact) mass is 583 g/mol. The molecule has 0 amide bonds. The molecule has 9 heteroatoms. The Kier molecular flexibility index (Phi) is 6.05. The molecule has 0 N–H and O–H groups in total. The summed E-state index contributed by atoms with van der Waals surface area (Å²) in [5, 5.41) is 0. The van der Waals surface area contributed by atoms with E-state index in [4.69, 9.17) is 33.2 Å². The van der Waals surface area contributed by atoms with Gasteiger partial charge in [0, 0.05) is 57.5 Å². The smallest absolute Gasteiger partial charge is 0.338 e. The van der Waals surface area contributed by atoms with E-state index >= 15 is 0 Å². The van der Waals surface area contributed by atoms with Crippen molar-refractivity contribution in [2.75, 3.05) is 48.3 Å². The summed E-state index contributed by atoms with van der Waals surface area (Å²) in [6, 6.07) is 7.18. The van der Waals surface area contributed by atoms with E-state index in [0.717, 1.165) is 32.4 Å². The predicted molar refractivity (Wildman–Crippen MR) is 151 cm³/mol. The number of hydrogen-bond donors (Lipinski definition) is 0. The molecule has 230 valence electrons. The van der Waals surface area contributed by atoms with Crippen LogP contribution in [0, 0.1) is 34.5 Å². The van der Waals surface area contributed by atoms with Gasteiger partial charge in [0.15, 0.2) is 5.60 Å². The average molecular weight is 584 g/mol. The van der Waals surface area contributed by atoms with Gasteiger partial charge in [-0.25, -0.2) is 4.79 Å². The molecule has 2 aliphatic heterocycles. The van der Waals surface area contributed by atoms with Crippen LogP contribution in [0.5, 0.6) is 5.75 Å². The van der Waals surface area contributed by atoms with Gasteiger partial charge in [0.1, 0.15) is 24.2 Å². The van der Waals surface area contributed by atoms with Crippen molar-refractivity contribution in [1.82, 2.24) is 4.90 Å². The maximum absolute atomic E-state index is 14.1. The molecule has 13 atom stereocenters. The van der Waals surface area contributed by atoms with Gasteiger partial charge in [0.05, 0.1) is 37.0 Å². The maximum atomic E-state index is 14.1. The molecule has 0 unspecified atom stereocenters. The maximum Gasteiger partial charge on any atom is 0.338 e. The van der Waals surface area contributed by atoms with Crippen LogP contribution in [-0.2, 0) is 28.4 Å². The Bertz CT molecular complexity index is 1260. The highest BCUT2D eigenvalue weighted by molar-refractivity contribution is 5.89. The number of esters is 1. The lowest BCUT2D eigenvalue weighted by atomic mass is 9.43. The molecule has 7 aliphatic rings. The number of methoxy groups -OCH3 is 4. The summed E-state index contributed by atoms with van der Waals surface area (Å²) in [6.45, 7) is 6.67. The summed E-state index contributed by atoms with van der Waals surface area (Å²) < 4.78 is 45.5. The molecule has 2 heterocycles. The normalized spacial score (nSPS) is 51.3. The van der Waals surface area contributed by atoms with Gasteiger partial charge in [0.25, 0.3) is 0 Å². The van der Waals surface area contributed by atoms with E-state index in [2.05, 4.69) is 18.7 Å². The van der Waals surface area contributed by atoms with Gasteiger partial charge >= 0.3 is 5.97 Å². The predicted octanol–water partition coefficient (Wildman–Crippen LogP) is 3.54. The lowest BCUT2D eigenvalue weighted by molar-refractivity contribution is -0.282. The van der Waals surface area contributed by atoms with Crippen molar-refractivity contribution < 1.29 is 38.0 Å². The summed E-state index contributed by atoms with van der Waals surface area (Å²) in [7, 11) is 7.14. The Morgan fingerprint density at radius 3 is 2.52 bits per heavy atom. The third kappa shape index (κ3) is 2.90.